The number of hydrogen-bond acceptors (Lipinski definition) is 8. The van der Waals surface area contributed by atoms with E-state index in [9.17, 15) is 19.8 Å². The van der Waals surface area contributed by atoms with Crippen LogP contribution < -0.4 is 5.73 Å². The van der Waals surface area contributed by atoms with Crippen LogP contribution in [0.1, 0.15) is 84.3 Å². The highest BCUT2D eigenvalue weighted by atomic mass is 32.1. The third-order valence-corrected chi connectivity index (χ3v) is 8.04. The number of thiazole rings is 1. The minimum Gasteiger partial charge on any atom is -0.457 e. The van der Waals surface area contributed by atoms with Gasteiger partial charge in [0.15, 0.2) is 0 Å². The number of allylic oxidation sites excluding steroid dienone is 1. The number of esters is 1. The summed E-state index contributed by atoms with van der Waals surface area (Å²) in [4.78, 5) is 30.5. The van der Waals surface area contributed by atoms with Crippen LogP contribution in [0.3, 0.4) is 0 Å². The number of carbonyl (C=O) groups excluding carboxylic acids is 2. The van der Waals surface area contributed by atoms with Crippen molar-refractivity contribution in [3.8, 4) is 0 Å². The molecule has 0 aromatic carbocycles. The fraction of sp³-hybridized carbons (Fsp3) is 0.667. The van der Waals surface area contributed by atoms with Gasteiger partial charge in [0.1, 0.15) is 16.9 Å². The van der Waals surface area contributed by atoms with E-state index in [1.54, 1.807) is 20.8 Å². The maximum atomic E-state index is 13.2. The second kappa shape index (κ2) is 12.9. The average Bonchev–Trinajstić information content (AvgIpc) is 3.26. The Kier molecular flexibility index (Phi) is 10.8. The summed E-state index contributed by atoms with van der Waals surface area (Å²) in [6, 6.07) is 0. The highest BCUT2D eigenvalue weighted by Gasteiger charge is 2.42. The molecule has 2 rings (SSSR count). The highest BCUT2D eigenvalue weighted by molar-refractivity contribution is 7.09. The molecule has 35 heavy (non-hydrogen) atoms. The van der Waals surface area contributed by atoms with Crippen LogP contribution in [0.15, 0.2) is 22.6 Å². The molecule has 0 saturated carbocycles. The molecule has 1 aromatic rings. The molecule has 5 unspecified atom stereocenters. The van der Waals surface area contributed by atoms with Crippen molar-refractivity contribution in [3.05, 3.63) is 33.3 Å². The van der Waals surface area contributed by atoms with E-state index in [1.165, 1.54) is 16.9 Å². The van der Waals surface area contributed by atoms with Crippen LogP contribution in [0.25, 0.3) is 6.08 Å². The maximum absolute atomic E-state index is 13.2. The Hall–Kier alpha value is -1.87. The van der Waals surface area contributed by atoms with E-state index in [-0.39, 0.29) is 18.1 Å². The van der Waals surface area contributed by atoms with Gasteiger partial charge in [0.2, 0.25) is 0 Å². The third kappa shape index (κ3) is 8.07. The molecule has 196 valence electrons. The Morgan fingerprint density at radius 1 is 1.31 bits per heavy atom. The van der Waals surface area contributed by atoms with E-state index in [0.29, 0.717) is 13.0 Å². The molecule has 2 heterocycles. The van der Waals surface area contributed by atoms with Gasteiger partial charge in [-0.3, -0.25) is 9.59 Å². The van der Waals surface area contributed by atoms with Crippen LogP contribution in [-0.2, 0) is 20.9 Å². The van der Waals surface area contributed by atoms with Crippen molar-refractivity contribution in [1.29, 1.82) is 0 Å². The summed E-state index contributed by atoms with van der Waals surface area (Å²) < 4.78 is 5.81. The predicted octanol–water partition coefficient (Wildman–Crippen LogP) is 4.42. The molecule has 7 nitrogen and oxygen atoms in total. The zero-order valence-electron chi connectivity index (χ0n) is 21.9. The number of ether oxygens (including phenoxy) is 1. The Morgan fingerprint density at radius 3 is 2.63 bits per heavy atom. The van der Waals surface area contributed by atoms with Crippen LogP contribution in [0.4, 0.5) is 0 Å². The fourth-order valence-electron chi connectivity index (χ4n) is 4.44. The maximum Gasteiger partial charge on any atom is 0.309 e. The van der Waals surface area contributed by atoms with Gasteiger partial charge in [0.05, 0.1) is 29.7 Å². The molecule has 0 spiro atoms. The Morgan fingerprint density at radius 2 is 2.00 bits per heavy atom. The number of rotatable bonds is 3. The number of ketones is 1. The lowest BCUT2D eigenvalue weighted by molar-refractivity contribution is -0.154. The number of aromatic nitrogens is 1. The van der Waals surface area contributed by atoms with Gasteiger partial charge in [-0.25, -0.2) is 4.98 Å². The molecule has 8 heteroatoms. The molecule has 0 radical (unpaired) electrons. The molecule has 0 bridgehead atoms. The van der Waals surface area contributed by atoms with Crippen molar-refractivity contribution < 1.29 is 24.5 Å². The first-order chi connectivity index (χ1) is 16.4. The molecule has 1 aliphatic heterocycles. The van der Waals surface area contributed by atoms with Gasteiger partial charge >= 0.3 is 5.97 Å². The molecule has 0 saturated heterocycles. The van der Waals surface area contributed by atoms with Crippen molar-refractivity contribution in [3.63, 3.8) is 0 Å². The largest absolute Gasteiger partial charge is 0.457 e. The Bertz CT molecular complexity index is 936. The lowest BCUT2D eigenvalue weighted by Gasteiger charge is -2.34. The summed E-state index contributed by atoms with van der Waals surface area (Å²) in [5, 5.41) is 24.4. The van der Waals surface area contributed by atoms with Crippen LogP contribution in [0, 0.1) is 17.3 Å². The smallest absolute Gasteiger partial charge is 0.309 e. The fourth-order valence-corrected chi connectivity index (χ4v) is 5.07. The highest BCUT2D eigenvalue weighted by Crippen LogP contribution is 2.32. The van der Waals surface area contributed by atoms with Gasteiger partial charge in [0.25, 0.3) is 0 Å². The molecule has 1 aromatic heterocycles. The first-order valence-electron chi connectivity index (χ1n) is 12.4. The summed E-state index contributed by atoms with van der Waals surface area (Å²) in [7, 11) is 0. The van der Waals surface area contributed by atoms with E-state index in [1.807, 2.05) is 25.3 Å². The summed E-state index contributed by atoms with van der Waals surface area (Å²) in [5.41, 5.74) is 7.26. The van der Waals surface area contributed by atoms with Crippen molar-refractivity contribution in [1.82, 2.24) is 4.98 Å². The zero-order valence-corrected chi connectivity index (χ0v) is 22.7. The summed E-state index contributed by atoms with van der Waals surface area (Å²) in [6.45, 7) is 11.2. The SMILES string of the molecule is C/C1=C\CC(/C(C)=C/c2csc(CN)n2)OC(=O)CC(O)C(C)(C)C(=O)C(C)C(O)C(C)CCC1. The third-order valence-electron chi connectivity index (χ3n) is 7.15. The predicted molar refractivity (Wildman–Crippen MR) is 140 cm³/mol. The topological polar surface area (TPSA) is 123 Å². The standard InChI is InChI=1S/C27H42N2O5S/c1-16-8-7-9-17(2)25(32)19(4)26(33)27(5,6)22(30)13-24(31)34-21(11-10-16)18(3)12-20-15-35-23(14-28)29-20/h10,12,15,17,19,21-22,25,30,32H,7-9,11,13-14,28H2,1-6H3/b16-10+,18-12+. The molecular weight excluding hydrogens is 464 g/mol. The Balaban J connectivity index is 2.33. The van der Waals surface area contributed by atoms with Crippen LogP contribution in [0.2, 0.25) is 0 Å². The molecule has 4 N–H and O–H groups in total. The van der Waals surface area contributed by atoms with Crippen molar-refractivity contribution in [2.75, 3.05) is 0 Å². The van der Waals surface area contributed by atoms with Gasteiger partial charge in [-0.2, -0.15) is 0 Å². The second-order valence-corrected chi connectivity index (χ2v) is 11.4. The van der Waals surface area contributed by atoms with Crippen LogP contribution in [0.5, 0.6) is 0 Å². The minimum atomic E-state index is -1.23. The van der Waals surface area contributed by atoms with Gasteiger partial charge < -0.3 is 20.7 Å². The number of Topliss-reactive ketones (excluding diaryl/α,β-unsaturated/α-hetero) is 1. The lowest BCUT2D eigenvalue weighted by Crippen LogP contribution is -2.45. The first kappa shape index (κ1) is 29.4. The molecule has 1 aliphatic rings. The van der Waals surface area contributed by atoms with Gasteiger partial charge in [-0.15, -0.1) is 11.3 Å². The average molecular weight is 507 g/mol. The summed E-state index contributed by atoms with van der Waals surface area (Å²) >= 11 is 1.48. The van der Waals surface area contributed by atoms with E-state index in [2.05, 4.69) is 18.0 Å². The molecule has 0 aliphatic carbocycles. The zero-order chi connectivity index (χ0) is 26.3. The van der Waals surface area contributed by atoms with Gasteiger partial charge in [-0.1, -0.05) is 39.3 Å². The first-order valence-corrected chi connectivity index (χ1v) is 13.3. The van der Waals surface area contributed by atoms with Gasteiger partial charge in [-0.05, 0) is 50.7 Å². The second-order valence-electron chi connectivity index (χ2n) is 10.5. The van der Waals surface area contributed by atoms with Crippen molar-refractivity contribution in [2.24, 2.45) is 23.0 Å². The van der Waals surface area contributed by atoms with E-state index < -0.39 is 35.6 Å². The number of carbonyl (C=O) groups is 2. The molecular formula is C27H42N2O5S. The number of nitrogens with zero attached hydrogens (tertiary/aromatic N) is 1. The lowest BCUT2D eigenvalue weighted by atomic mass is 9.73. The molecule has 0 fully saturated rings. The molecule has 5 atom stereocenters. The quantitative estimate of drug-likeness (QED) is 0.410. The van der Waals surface area contributed by atoms with Gasteiger partial charge in [0, 0.05) is 24.3 Å². The van der Waals surface area contributed by atoms with Crippen molar-refractivity contribution >= 4 is 29.2 Å². The minimum absolute atomic E-state index is 0.0537. The molecule has 0 amide bonds. The van der Waals surface area contributed by atoms with E-state index >= 15 is 0 Å². The number of nitrogens with two attached hydrogens (primary N) is 1. The van der Waals surface area contributed by atoms with Crippen LogP contribution >= 0.6 is 11.3 Å². The van der Waals surface area contributed by atoms with E-state index in [0.717, 1.165) is 35.5 Å². The number of aliphatic hydroxyl groups excluding tert-OH is 2. The number of hydrogen-bond donors (Lipinski definition) is 3. The normalized spacial score (nSPS) is 31.5. The number of cyclic esters (lactones) is 1. The van der Waals surface area contributed by atoms with Crippen molar-refractivity contribution in [2.45, 2.75) is 98.5 Å². The monoisotopic (exact) mass is 506 g/mol. The summed E-state index contributed by atoms with van der Waals surface area (Å²) in [6.07, 6.45) is 4.15. The summed E-state index contributed by atoms with van der Waals surface area (Å²) in [5.74, 6) is -1.53. The van der Waals surface area contributed by atoms with E-state index in [4.69, 9.17) is 10.5 Å². The number of aliphatic hydroxyl groups is 2. The van der Waals surface area contributed by atoms with Crippen LogP contribution in [-0.4, -0.2) is 45.3 Å². The Labute approximate surface area is 213 Å².